The van der Waals surface area contributed by atoms with E-state index in [9.17, 15) is 14.7 Å². The van der Waals surface area contributed by atoms with Gasteiger partial charge in [-0.15, -0.1) is 0 Å². The van der Waals surface area contributed by atoms with E-state index in [2.05, 4.69) is 0 Å². The third-order valence-electron chi connectivity index (χ3n) is 3.40. The summed E-state index contributed by atoms with van der Waals surface area (Å²) in [6.07, 6.45) is -1.05. The van der Waals surface area contributed by atoms with Gasteiger partial charge in [-0.25, -0.2) is 4.79 Å². The molecule has 0 fully saturated rings. The van der Waals surface area contributed by atoms with Gasteiger partial charge in [-0.1, -0.05) is 0 Å². The van der Waals surface area contributed by atoms with Crippen molar-refractivity contribution in [3.8, 4) is 11.5 Å². The van der Waals surface area contributed by atoms with E-state index in [-0.39, 0.29) is 29.5 Å². The minimum absolute atomic E-state index is 0.151. The molecule has 2 atom stereocenters. The Bertz CT molecular complexity index is 773. The Morgan fingerprint density at radius 1 is 1.33 bits per heavy atom. The summed E-state index contributed by atoms with van der Waals surface area (Å²) >= 11 is 0. The molecule has 2 heterocycles. The number of ether oxygens (including phenoxy) is 2. The van der Waals surface area contributed by atoms with E-state index in [0.29, 0.717) is 5.39 Å². The molecule has 0 radical (unpaired) electrons. The van der Waals surface area contributed by atoms with Crippen LogP contribution in [0.3, 0.4) is 0 Å². The minimum atomic E-state index is -1.48. The molecule has 0 bridgehead atoms. The van der Waals surface area contributed by atoms with Crippen LogP contribution in [0.4, 0.5) is 0 Å². The fraction of sp³-hybridized carbons (Fsp3) is 0.333. The van der Waals surface area contributed by atoms with Gasteiger partial charge in [0.1, 0.15) is 12.2 Å². The van der Waals surface area contributed by atoms with Gasteiger partial charge in [0.05, 0.1) is 0 Å². The van der Waals surface area contributed by atoms with Gasteiger partial charge in [-0.2, -0.15) is 0 Å². The molecule has 0 amide bonds. The van der Waals surface area contributed by atoms with Crippen LogP contribution in [-0.2, 0) is 4.79 Å². The Kier molecular flexibility index (Phi) is 2.98. The fourth-order valence-corrected chi connectivity index (χ4v) is 2.39. The topological polar surface area (TPSA) is 86.0 Å². The first-order chi connectivity index (χ1) is 9.88. The van der Waals surface area contributed by atoms with Crippen LogP contribution in [0, 0.1) is 0 Å². The highest BCUT2D eigenvalue weighted by atomic mass is 16.6. The number of rotatable bonds is 1. The molecule has 6 nitrogen and oxygen atoms in total. The molecule has 0 saturated carbocycles. The molecule has 0 aliphatic carbocycles. The van der Waals surface area contributed by atoms with Crippen LogP contribution in [-0.4, -0.2) is 29.2 Å². The molecule has 1 aliphatic heterocycles. The van der Waals surface area contributed by atoms with Crippen molar-refractivity contribution < 1.29 is 23.8 Å². The van der Waals surface area contributed by atoms with Gasteiger partial charge in [0.2, 0.25) is 5.75 Å². The molecule has 1 aromatic carbocycles. The summed E-state index contributed by atoms with van der Waals surface area (Å²) in [5, 5.41) is 11.0. The quantitative estimate of drug-likeness (QED) is 0.796. The first kappa shape index (κ1) is 13.6. The zero-order valence-corrected chi connectivity index (χ0v) is 11.6. The third kappa shape index (κ3) is 2.27. The number of Topliss-reactive ketones (excluding diaryl/α,β-unsaturated/α-hetero) is 1. The maximum atomic E-state index is 11.7. The van der Waals surface area contributed by atoms with Gasteiger partial charge >= 0.3 is 5.63 Å². The van der Waals surface area contributed by atoms with E-state index < -0.39 is 17.3 Å². The normalized spacial score (nSPS) is 24.6. The zero-order valence-electron chi connectivity index (χ0n) is 11.6. The summed E-state index contributed by atoms with van der Waals surface area (Å²) in [7, 11) is 0. The lowest BCUT2D eigenvalue weighted by Gasteiger charge is -2.27. The Labute approximate surface area is 119 Å². The van der Waals surface area contributed by atoms with Gasteiger partial charge in [0, 0.05) is 11.5 Å². The highest BCUT2D eigenvalue weighted by Gasteiger charge is 2.41. The fourth-order valence-electron chi connectivity index (χ4n) is 2.39. The molecule has 1 aromatic heterocycles. The van der Waals surface area contributed by atoms with Gasteiger partial charge < -0.3 is 19.0 Å². The summed E-state index contributed by atoms with van der Waals surface area (Å²) in [5.41, 5.74) is -1.76. The second-order valence-corrected chi connectivity index (χ2v) is 5.32. The first-order valence-electron chi connectivity index (χ1n) is 6.47. The number of ketones is 1. The molecule has 0 spiro atoms. The summed E-state index contributed by atoms with van der Waals surface area (Å²) in [6, 6.07) is 6.23. The monoisotopic (exact) mass is 290 g/mol. The van der Waals surface area contributed by atoms with Crippen molar-refractivity contribution in [3.63, 3.8) is 0 Å². The average Bonchev–Trinajstić information content (AvgIpc) is 2.55. The number of fused-ring (bicyclic) bond motifs is 3. The van der Waals surface area contributed by atoms with Crippen LogP contribution < -0.4 is 15.1 Å². The number of hydrogen-bond donors (Lipinski definition) is 1. The SMILES string of the molecule is CC(=O)[C@@H]1Oc2ccc3ccc(=O)oc3c2OC[C@]1(C)O. The van der Waals surface area contributed by atoms with Crippen molar-refractivity contribution in [2.24, 2.45) is 0 Å². The molecule has 6 heteroatoms. The van der Waals surface area contributed by atoms with Crippen molar-refractivity contribution in [1.29, 1.82) is 0 Å². The molecule has 3 rings (SSSR count). The number of hydrogen-bond acceptors (Lipinski definition) is 6. The van der Waals surface area contributed by atoms with Crippen LogP contribution >= 0.6 is 0 Å². The van der Waals surface area contributed by atoms with E-state index >= 15 is 0 Å². The van der Waals surface area contributed by atoms with E-state index in [0.717, 1.165) is 0 Å². The summed E-state index contributed by atoms with van der Waals surface area (Å²) in [6.45, 7) is 2.65. The van der Waals surface area contributed by atoms with Crippen LogP contribution in [0.15, 0.2) is 33.5 Å². The summed E-state index contributed by atoms with van der Waals surface area (Å²) in [5.74, 6) is 0.162. The van der Waals surface area contributed by atoms with Crippen LogP contribution in [0.2, 0.25) is 0 Å². The lowest BCUT2D eigenvalue weighted by Crippen LogP contribution is -2.50. The molecule has 1 N–H and O–H groups in total. The highest BCUT2D eigenvalue weighted by Crippen LogP contribution is 2.39. The molecular weight excluding hydrogens is 276 g/mol. The number of carbonyl (C=O) groups is 1. The second-order valence-electron chi connectivity index (χ2n) is 5.32. The van der Waals surface area contributed by atoms with Gasteiger partial charge in [-0.3, -0.25) is 4.79 Å². The van der Waals surface area contributed by atoms with Crippen molar-refractivity contribution in [2.45, 2.75) is 25.6 Å². The smallest absolute Gasteiger partial charge is 0.336 e. The van der Waals surface area contributed by atoms with Crippen LogP contribution in [0.25, 0.3) is 11.0 Å². The predicted octanol–water partition coefficient (Wildman–Crippen LogP) is 1.27. The third-order valence-corrected chi connectivity index (χ3v) is 3.40. The van der Waals surface area contributed by atoms with E-state index in [1.165, 1.54) is 19.9 Å². The van der Waals surface area contributed by atoms with Crippen molar-refractivity contribution in [2.75, 3.05) is 6.61 Å². The van der Waals surface area contributed by atoms with Crippen LogP contribution in [0.5, 0.6) is 11.5 Å². The summed E-state index contributed by atoms with van der Waals surface area (Å²) in [4.78, 5) is 23.1. The Morgan fingerprint density at radius 2 is 2.05 bits per heavy atom. The lowest BCUT2D eigenvalue weighted by molar-refractivity contribution is -0.137. The van der Waals surface area contributed by atoms with Gasteiger partial charge in [0.25, 0.3) is 0 Å². The Hall–Kier alpha value is -2.34. The number of benzene rings is 1. The second kappa shape index (κ2) is 4.60. The van der Waals surface area contributed by atoms with Gasteiger partial charge in [0.15, 0.2) is 23.2 Å². The molecule has 110 valence electrons. The molecule has 0 unspecified atom stereocenters. The largest absolute Gasteiger partial charge is 0.483 e. The Morgan fingerprint density at radius 3 is 2.76 bits per heavy atom. The van der Waals surface area contributed by atoms with E-state index in [1.807, 2.05) is 0 Å². The molecule has 2 aromatic rings. The number of carbonyl (C=O) groups excluding carboxylic acids is 1. The predicted molar refractivity (Wildman–Crippen MR) is 73.7 cm³/mol. The van der Waals surface area contributed by atoms with Crippen molar-refractivity contribution in [3.05, 3.63) is 34.7 Å². The lowest BCUT2D eigenvalue weighted by atomic mass is 9.97. The maximum absolute atomic E-state index is 11.7. The van der Waals surface area contributed by atoms with E-state index in [1.54, 1.807) is 18.2 Å². The maximum Gasteiger partial charge on any atom is 0.336 e. The van der Waals surface area contributed by atoms with Crippen molar-refractivity contribution in [1.82, 2.24) is 0 Å². The molecular formula is C15H14O6. The van der Waals surface area contributed by atoms with E-state index in [4.69, 9.17) is 13.9 Å². The molecule has 21 heavy (non-hydrogen) atoms. The molecule has 1 aliphatic rings. The van der Waals surface area contributed by atoms with Crippen molar-refractivity contribution >= 4 is 16.8 Å². The summed E-state index contributed by atoms with van der Waals surface area (Å²) < 4.78 is 16.3. The zero-order chi connectivity index (χ0) is 15.2. The molecule has 0 saturated heterocycles. The minimum Gasteiger partial charge on any atom is -0.483 e. The van der Waals surface area contributed by atoms with Gasteiger partial charge in [-0.05, 0) is 32.0 Å². The standard InChI is InChI=1S/C15H14O6/c1-8(16)14-15(2,18)7-19-13-10(20-14)5-3-9-4-6-11(17)21-12(9)13/h3-6,14,18H,7H2,1-2H3/t14-,15-/m0/s1. The highest BCUT2D eigenvalue weighted by molar-refractivity contribution is 5.86. The Balaban J connectivity index is 2.19. The van der Waals surface area contributed by atoms with Crippen LogP contribution in [0.1, 0.15) is 13.8 Å². The average molecular weight is 290 g/mol. The first-order valence-corrected chi connectivity index (χ1v) is 6.47. The number of aliphatic hydroxyl groups is 1.